The Labute approximate surface area is 78.3 Å². The zero-order valence-corrected chi connectivity index (χ0v) is 7.20. The minimum absolute atomic E-state index is 0.441. The van der Waals surface area contributed by atoms with Crippen LogP contribution in [0.2, 0.25) is 0 Å². The van der Waals surface area contributed by atoms with Crippen molar-refractivity contribution in [1.82, 2.24) is 0 Å². The van der Waals surface area contributed by atoms with Crippen molar-refractivity contribution in [2.75, 3.05) is 0 Å². The van der Waals surface area contributed by atoms with Crippen molar-refractivity contribution in [3.8, 4) is 18.4 Å². The third kappa shape index (κ3) is 2.85. The van der Waals surface area contributed by atoms with E-state index >= 15 is 0 Å². The third-order valence-electron chi connectivity index (χ3n) is 1.60. The molecule has 0 unspecified atom stereocenters. The normalized spacial score (nSPS) is 9.38. The molecule has 1 heteroatoms. The first-order valence-corrected chi connectivity index (χ1v) is 3.97. The van der Waals surface area contributed by atoms with Gasteiger partial charge in [-0.05, 0) is 17.7 Å². The molecule has 0 spiro atoms. The number of allylic oxidation sites excluding steroid dienone is 1. The first kappa shape index (κ1) is 9.10. The highest BCUT2D eigenvalue weighted by molar-refractivity contribution is 5.51. The first-order chi connectivity index (χ1) is 6.36. The third-order valence-corrected chi connectivity index (χ3v) is 1.60. The van der Waals surface area contributed by atoms with Crippen LogP contribution in [0.5, 0.6) is 0 Å². The highest BCUT2D eigenvalue weighted by Gasteiger charge is 1.86. The minimum Gasteiger partial charge on any atom is -0.198 e. The van der Waals surface area contributed by atoms with Crippen LogP contribution in [-0.4, -0.2) is 0 Å². The summed E-state index contributed by atoms with van der Waals surface area (Å²) in [5.74, 6) is 2.54. The van der Waals surface area contributed by atoms with E-state index in [4.69, 9.17) is 11.7 Å². The van der Waals surface area contributed by atoms with Crippen molar-refractivity contribution >= 4 is 6.08 Å². The molecule has 0 amide bonds. The highest BCUT2D eigenvalue weighted by atomic mass is 14.2. The molecule has 0 fully saturated rings. The maximum atomic E-state index is 8.30. The molecule has 1 rings (SSSR count). The van der Waals surface area contributed by atoms with E-state index in [2.05, 4.69) is 5.92 Å². The number of terminal acetylenes is 1. The van der Waals surface area contributed by atoms with E-state index in [9.17, 15) is 0 Å². The Morgan fingerprint density at radius 2 is 2.00 bits per heavy atom. The standard InChI is InChI=1S/C12H9N/c1-2-11-6-8-12(9-7-11)5-3-4-10-13/h1,3,5-9H,4H2. The lowest BCUT2D eigenvalue weighted by molar-refractivity contribution is 1.36. The maximum absolute atomic E-state index is 8.30. The lowest BCUT2D eigenvalue weighted by Gasteiger charge is -1.92. The van der Waals surface area contributed by atoms with Crippen LogP contribution in [0.4, 0.5) is 0 Å². The summed E-state index contributed by atoms with van der Waals surface area (Å²) >= 11 is 0. The lowest BCUT2D eigenvalue weighted by atomic mass is 10.1. The van der Waals surface area contributed by atoms with Crippen molar-refractivity contribution in [3.05, 3.63) is 41.5 Å². The van der Waals surface area contributed by atoms with Crippen molar-refractivity contribution in [2.45, 2.75) is 6.42 Å². The number of rotatable bonds is 2. The van der Waals surface area contributed by atoms with Gasteiger partial charge in [0.05, 0.1) is 12.5 Å². The molecular weight excluding hydrogens is 158 g/mol. The van der Waals surface area contributed by atoms with E-state index in [1.807, 2.05) is 42.5 Å². The molecular formula is C12H9N. The largest absolute Gasteiger partial charge is 0.198 e. The molecule has 0 saturated heterocycles. The van der Waals surface area contributed by atoms with Crippen LogP contribution in [0.15, 0.2) is 30.3 Å². The van der Waals surface area contributed by atoms with E-state index in [1.165, 1.54) is 0 Å². The molecule has 0 N–H and O–H groups in total. The summed E-state index contributed by atoms with van der Waals surface area (Å²) in [6.45, 7) is 0. The number of hydrogen-bond acceptors (Lipinski definition) is 1. The van der Waals surface area contributed by atoms with Crippen LogP contribution >= 0.6 is 0 Å². The fourth-order valence-electron chi connectivity index (χ4n) is 0.938. The average molecular weight is 167 g/mol. The molecule has 0 saturated carbocycles. The van der Waals surface area contributed by atoms with Gasteiger partial charge in [-0.25, -0.2) is 0 Å². The monoisotopic (exact) mass is 167 g/mol. The van der Waals surface area contributed by atoms with Crippen molar-refractivity contribution < 1.29 is 0 Å². The minimum atomic E-state index is 0.441. The summed E-state index contributed by atoms with van der Waals surface area (Å²) in [7, 11) is 0. The van der Waals surface area contributed by atoms with Crippen molar-refractivity contribution in [3.63, 3.8) is 0 Å². The molecule has 0 bridgehead atoms. The summed E-state index contributed by atoms with van der Waals surface area (Å²) in [4.78, 5) is 0. The molecule has 62 valence electrons. The number of benzene rings is 1. The molecule has 0 aliphatic carbocycles. The van der Waals surface area contributed by atoms with Crippen molar-refractivity contribution in [1.29, 1.82) is 5.26 Å². The van der Waals surface area contributed by atoms with Gasteiger partial charge in [0.15, 0.2) is 0 Å². The number of nitrogens with zero attached hydrogens (tertiary/aromatic N) is 1. The van der Waals surface area contributed by atoms with Gasteiger partial charge in [-0.2, -0.15) is 5.26 Å². The molecule has 0 aliphatic rings. The van der Waals surface area contributed by atoms with Gasteiger partial charge in [-0.3, -0.25) is 0 Å². The second kappa shape index (κ2) is 4.80. The Kier molecular flexibility index (Phi) is 3.36. The van der Waals surface area contributed by atoms with Gasteiger partial charge in [0.2, 0.25) is 0 Å². The van der Waals surface area contributed by atoms with E-state index in [1.54, 1.807) is 0 Å². The van der Waals surface area contributed by atoms with Crippen LogP contribution in [0.25, 0.3) is 6.08 Å². The van der Waals surface area contributed by atoms with Gasteiger partial charge in [-0.1, -0.05) is 30.2 Å². The van der Waals surface area contributed by atoms with Gasteiger partial charge in [0.1, 0.15) is 0 Å². The molecule has 0 heterocycles. The van der Waals surface area contributed by atoms with E-state index in [0.717, 1.165) is 11.1 Å². The zero-order valence-electron chi connectivity index (χ0n) is 7.20. The van der Waals surface area contributed by atoms with Crippen LogP contribution < -0.4 is 0 Å². The van der Waals surface area contributed by atoms with Gasteiger partial charge in [0.25, 0.3) is 0 Å². The molecule has 0 radical (unpaired) electrons. The topological polar surface area (TPSA) is 23.8 Å². The zero-order chi connectivity index (χ0) is 9.52. The van der Waals surface area contributed by atoms with Crippen molar-refractivity contribution in [2.24, 2.45) is 0 Å². The SMILES string of the molecule is C#Cc1ccc(C=CCC#N)cc1. The summed E-state index contributed by atoms with van der Waals surface area (Å²) in [6.07, 6.45) is 9.38. The molecule has 13 heavy (non-hydrogen) atoms. The van der Waals surface area contributed by atoms with E-state index in [-0.39, 0.29) is 0 Å². The second-order valence-corrected chi connectivity index (χ2v) is 2.53. The molecule has 1 aromatic carbocycles. The van der Waals surface area contributed by atoms with Gasteiger partial charge < -0.3 is 0 Å². The van der Waals surface area contributed by atoms with Gasteiger partial charge in [-0.15, -0.1) is 6.42 Å². The molecule has 0 atom stereocenters. The maximum Gasteiger partial charge on any atom is 0.0663 e. The van der Waals surface area contributed by atoms with E-state index < -0.39 is 0 Å². The molecule has 0 aromatic heterocycles. The Morgan fingerprint density at radius 3 is 2.54 bits per heavy atom. The molecule has 1 nitrogen and oxygen atoms in total. The summed E-state index contributed by atoms with van der Waals surface area (Å²) in [5, 5.41) is 8.30. The predicted molar refractivity (Wildman–Crippen MR) is 53.6 cm³/mol. The summed E-state index contributed by atoms with van der Waals surface area (Å²) < 4.78 is 0. The lowest BCUT2D eigenvalue weighted by Crippen LogP contribution is -1.74. The average Bonchev–Trinajstić information content (AvgIpc) is 2.19. The smallest absolute Gasteiger partial charge is 0.0663 e. The van der Waals surface area contributed by atoms with Crippen LogP contribution in [0, 0.1) is 23.7 Å². The summed E-state index contributed by atoms with van der Waals surface area (Å²) in [6, 6.07) is 9.67. The van der Waals surface area contributed by atoms with Crippen LogP contribution in [0.3, 0.4) is 0 Å². The molecule has 0 aliphatic heterocycles. The Balaban J connectivity index is 2.72. The summed E-state index contributed by atoms with van der Waals surface area (Å²) in [5.41, 5.74) is 1.94. The predicted octanol–water partition coefficient (Wildman–Crippen LogP) is 2.59. The Morgan fingerprint density at radius 1 is 1.31 bits per heavy atom. The first-order valence-electron chi connectivity index (χ1n) is 3.97. The van der Waals surface area contributed by atoms with E-state index in [0.29, 0.717) is 6.42 Å². The van der Waals surface area contributed by atoms with Crippen LogP contribution in [0.1, 0.15) is 17.5 Å². The highest BCUT2D eigenvalue weighted by Crippen LogP contribution is 2.05. The fourth-order valence-corrected chi connectivity index (χ4v) is 0.938. The Bertz CT molecular complexity index is 371. The second-order valence-electron chi connectivity index (χ2n) is 2.53. The quantitative estimate of drug-likeness (QED) is 0.621. The number of hydrogen-bond donors (Lipinski definition) is 0. The molecule has 1 aromatic rings. The number of nitriles is 1. The van der Waals surface area contributed by atoms with Crippen LogP contribution in [-0.2, 0) is 0 Å². The van der Waals surface area contributed by atoms with Gasteiger partial charge in [0, 0.05) is 5.56 Å². The fraction of sp³-hybridized carbons (Fsp3) is 0.0833. The Hall–Kier alpha value is -1.99. The van der Waals surface area contributed by atoms with Gasteiger partial charge >= 0.3 is 0 Å².